The Morgan fingerprint density at radius 2 is 2.25 bits per heavy atom. The molecule has 2 fully saturated rings. The molecule has 16 heavy (non-hydrogen) atoms. The number of rotatable bonds is 4. The van der Waals surface area contributed by atoms with Gasteiger partial charge in [0.25, 0.3) is 0 Å². The van der Waals surface area contributed by atoms with Crippen molar-refractivity contribution in [2.75, 3.05) is 6.61 Å². The molecule has 2 unspecified atom stereocenters. The monoisotopic (exact) mass is 237 g/mol. The van der Waals surface area contributed by atoms with Gasteiger partial charge in [0.1, 0.15) is 0 Å². The number of aromatic nitrogens is 1. The highest BCUT2D eigenvalue weighted by atomic mass is 32.1. The molecule has 0 aromatic carbocycles. The van der Waals surface area contributed by atoms with Gasteiger partial charge in [-0.05, 0) is 56.3 Å². The summed E-state index contributed by atoms with van der Waals surface area (Å²) in [4.78, 5) is 5.70. The third-order valence-corrected chi connectivity index (χ3v) is 5.52. The fourth-order valence-electron chi connectivity index (χ4n) is 3.36. The van der Waals surface area contributed by atoms with Crippen LogP contribution in [-0.4, -0.2) is 16.7 Å². The molecule has 2 saturated carbocycles. The van der Waals surface area contributed by atoms with E-state index in [0.717, 1.165) is 24.7 Å². The molecule has 2 atom stereocenters. The van der Waals surface area contributed by atoms with E-state index in [1.807, 2.05) is 5.51 Å². The molecule has 1 aromatic rings. The predicted octanol–water partition coefficient (Wildman–Crippen LogP) is 2.79. The molecule has 2 nitrogen and oxygen atoms in total. The largest absolute Gasteiger partial charge is 0.396 e. The maximum absolute atomic E-state index is 9.64. The topological polar surface area (TPSA) is 33.1 Å². The van der Waals surface area contributed by atoms with Gasteiger partial charge in [0.05, 0.1) is 11.2 Å². The molecular weight excluding hydrogens is 218 g/mol. The van der Waals surface area contributed by atoms with Gasteiger partial charge in [-0.2, -0.15) is 0 Å². The Morgan fingerprint density at radius 1 is 1.50 bits per heavy atom. The van der Waals surface area contributed by atoms with Crippen molar-refractivity contribution in [2.24, 2.45) is 17.3 Å². The number of hydrogen-bond acceptors (Lipinski definition) is 3. The summed E-state index contributed by atoms with van der Waals surface area (Å²) in [5.74, 6) is 1.91. The average Bonchev–Trinajstić information content (AvgIpc) is 2.74. The zero-order valence-corrected chi connectivity index (χ0v) is 10.6. The van der Waals surface area contributed by atoms with Crippen molar-refractivity contribution in [3.8, 4) is 0 Å². The summed E-state index contributed by atoms with van der Waals surface area (Å²) < 4.78 is 0. The van der Waals surface area contributed by atoms with Crippen LogP contribution in [0.4, 0.5) is 0 Å². The zero-order chi connectivity index (χ0) is 11.2. The third kappa shape index (κ3) is 1.80. The minimum absolute atomic E-state index is 0.254. The molecule has 1 aromatic heterocycles. The molecule has 2 aliphatic carbocycles. The second-order valence-electron chi connectivity index (χ2n) is 5.68. The van der Waals surface area contributed by atoms with E-state index in [1.54, 1.807) is 11.3 Å². The second-order valence-corrected chi connectivity index (χ2v) is 6.62. The predicted molar refractivity (Wildman–Crippen MR) is 65.5 cm³/mol. The van der Waals surface area contributed by atoms with Gasteiger partial charge in [0, 0.05) is 11.5 Å². The maximum Gasteiger partial charge on any atom is 0.0797 e. The van der Waals surface area contributed by atoms with Gasteiger partial charge in [-0.3, -0.25) is 0 Å². The van der Waals surface area contributed by atoms with E-state index in [2.05, 4.69) is 11.9 Å². The van der Waals surface area contributed by atoms with Crippen molar-refractivity contribution in [3.05, 3.63) is 16.1 Å². The molecule has 3 heteroatoms. The van der Waals surface area contributed by atoms with Crippen molar-refractivity contribution in [3.63, 3.8) is 0 Å². The number of aryl methyl sites for hydroxylation is 2. The first-order chi connectivity index (χ1) is 7.72. The first-order valence-electron chi connectivity index (χ1n) is 6.22. The lowest BCUT2D eigenvalue weighted by Gasteiger charge is -2.28. The van der Waals surface area contributed by atoms with Gasteiger partial charge >= 0.3 is 0 Å². The maximum atomic E-state index is 9.64. The summed E-state index contributed by atoms with van der Waals surface area (Å²) in [5.41, 5.74) is 3.37. The van der Waals surface area contributed by atoms with Gasteiger partial charge in [-0.25, -0.2) is 4.98 Å². The first-order valence-corrected chi connectivity index (χ1v) is 7.10. The van der Waals surface area contributed by atoms with Crippen LogP contribution in [-0.2, 0) is 6.42 Å². The second kappa shape index (κ2) is 3.81. The van der Waals surface area contributed by atoms with Crippen LogP contribution in [0.2, 0.25) is 0 Å². The number of aliphatic hydroxyl groups is 1. The third-order valence-electron chi connectivity index (χ3n) is 4.52. The van der Waals surface area contributed by atoms with E-state index in [4.69, 9.17) is 0 Å². The lowest BCUT2D eigenvalue weighted by atomic mass is 9.79. The van der Waals surface area contributed by atoms with Gasteiger partial charge < -0.3 is 5.11 Å². The molecule has 1 N–H and O–H groups in total. The van der Waals surface area contributed by atoms with E-state index in [9.17, 15) is 5.11 Å². The van der Waals surface area contributed by atoms with Crippen molar-refractivity contribution in [1.29, 1.82) is 0 Å². The Kier molecular flexibility index (Phi) is 2.55. The number of nitrogens with zero attached hydrogens (tertiary/aromatic N) is 1. The molecule has 88 valence electrons. The van der Waals surface area contributed by atoms with Crippen LogP contribution in [0.3, 0.4) is 0 Å². The molecule has 3 rings (SSSR count). The van der Waals surface area contributed by atoms with Crippen molar-refractivity contribution in [2.45, 2.75) is 39.0 Å². The van der Waals surface area contributed by atoms with E-state index in [1.165, 1.54) is 29.8 Å². The highest BCUT2D eigenvalue weighted by Gasteiger charge is 2.52. The van der Waals surface area contributed by atoms with Crippen LogP contribution < -0.4 is 0 Å². The van der Waals surface area contributed by atoms with Crippen molar-refractivity contribution >= 4 is 11.3 Å². The Morgan fingerprint density at radius 3 is 2.81 bits per heavy atom. The highest BCUT2D eigenvalue weighted by molar-refractivity contribution is 7.09. The number of hydrogen-bond donors (Lipinski definition) is 1. The molecule has 0 amide bonds. The van der Waals surface area contributed by atoms with E-state index in [-0.39, 0.29) is 5.41 Å². The minimum atomic E-state index is 0.254. The number of thiazole rings is 1. The van der Waals surface area contributed by atoms with Gasteiger partial charge in [0.2, 0.25) is 0 Å². The lowest BCUT2D eigenvalue weighted by molar-refractivity contribution is 0.108. The Labute approximate surface area is 101 Å². The summed E-state index contributed by atoms with van der Waals surface area (Å²) in [5, 5.41) is 9.64. The summed E-state index contributed by atoms with van der Waals surface area (Å²) >= 11 is 1.76. The standard InChI is InChI=1S/C13H19NOS/c1-9-12(16-8-14-9)2-3-13(7-15)5-10-4-11(10)6-13/h8,10-11,15H,2-7H2,1H3. The molecule has 0 radical (unpaired) electrons. The SMILES string of the molecule is Cc1ncsc1CCC1(CO)CC2CC2C1. The summed E-state index contributed by atoms with van der Waals surface area (Å²) in [6.07, 6.45) is 6.23. The Hall–Kier alpha value is -0.410. The van der Waals surface area contributed by atoms with Gasteiger partial charge in [-0.1, -0.05) is 0 Å². The van der Waals surface area contributed by atoms with Crippen LogP contribution in [0.1, 0.15) is 36.3 Å². The fourth-order valence-corrected chi connectivity index (χ4v) is 4.14. The number of aliphatic hydroxyl groups excluding tert-OH is 1. The molecule has 1 heterocycles. The highest BCUT2D eigenvalue weighted by Crippen LogP contribution is 2.61. The lowest BCUT2D eigenvalue weighted by Crippen LogP contribution is -2.24. The first kappa shape index (κ1) is 10.7. The number of fused-ring (bicyclic) bond motifs is 1. The van der Waals surface area contributed by atoms with Gasteiger partial charge in [-0.15, -0.1) is 11.3 Å². The quantitative estimate of drug-likeness (QED) is 0.873. The van der Waals surface area contributed by atoms with Crippen LogP contribution in [0.5, 0.6) is 0 Å². The Balaban J connectivity index is 1.63. The van der Waals surface area contributed by atoms with E-state index < -0.39 is 0 Å². The molecule has 0 bridgehead atoms. The average molecular weight is 237 g/mol. The molecule has 0 spiro atoms. The summed E-state index contributed by atoms with van der Waals surface area (Å²) in [7, 11) is 0. The molecule has 2 aliphatic rings. The Bertz CT molecular complexity index is 377. The van der Waals surface area contributed by atoms with Crippen LogP contribution in [0.25, 0.3) is 0 Å². The fraction of sp³-hybridized carbons (Fsp3) is 0.769. The van der Waals surface area contributed by atoms with Crippen molar-refractivity contribution < 1.29 is 5.11 Å². The van der Waals surface area contributed by atoms with Crippen LogP contribution in [0, 0.1) is 24.2 Å². The molecule has 0 saturated heterocycles. The molecule has 0 aliphatic heterocycles. The smallest absolute Gasteiger partial charge is 0.0797 e. The van der Waals surface area contributed by atoms with E-state index >= 15 is 0 Å². The summed E-state index contributed by atoms with van der Waals surface area (Å²) in [6.45, 7) is 2.47. The molecular formula is C13H19NOS. The zero-order valence-electron chi connectivity index (χ0n) is 9.78. The van der Waals surface area contributed by atoms with Crippen molar-refractivity contribution in [1.82, 2.24) is 4.98 Å². The van der Waals surface area contributed by atoms with Crippen LogP contribution in [0.15, 0.2) is 5.51 Å². The summed E-state index contributed by atoms with van der Waals surface area (Å²) in [6, 6.07) is 0. The van der Waals surface area contributed by atoms with E-state index in [0.29, 0.717) is 6.61 Å². The minimum Gasteiger partial charge on any atom is -0.396 e. The van der Waals surface area contributed by atoms with Crippen LogP contribution >= 0.6 is 11.3 Å². The normalized spacial score (nSPS) is 36.4. The van der Waals surface area contributed by atoms with Gasteiger partial charge in [0.15, 0.2) is 0 Å².